The summed E-state index contributed by atoms with van der Waals surface area (Å²) in [6.07, 6.45) is 0. The summed E-state index contributed by atoms with van der Waals surface area (Å²) in [5, 5.41) is 0.891. The fourth-order valence-corrected chi connectivity index (χ4v) is 3.33. The van der Waals surface area contributed by atoms with Crippen LogP contribution >= 0.6 is 0 Å². The molecule has 0 unspecified atom stereocenters. The summed E-state index contributed by atoms with van der Waals surface area (Å²) in [6, 6.07) is 9.73. The third kappa shape index (κ3) is 3.57. The first-order valence-electron chi connectivity index (χ1n) is 9.36. The second kappa shape index (κ2) is 7.44. The highest BCUT2D eigenvalue weighted by atomic mass is 16.2. The number of hydrogen-bond donors (Lipinski definition) is 0. The monoisotopic (exact) mass is 353 g/mol. The number of piperazine rings is 1. The zero-order valence-electron chi connectivity index (χ0n) is 16.0. The number of hydrogen-bond acceptors (Lipinski definition) is 3. The molecule has 5 heteroatoms. The van der Waals surface area contributed by atoms with Gasteiger partial charge in [0.15, 0.2) is 0 Å². The van der Waals surface area contributed by atoms with Gasteiger partial charge in [0.1, 0.15) is 0 Å². The Hall–Kier alpha value is -2.43. The Morgan fingerprint density at radius 2 is 1.58 bits per heavy atom. The zero-order chi connectivity index (χ0) is 18.8. The first-order chi connectivity index (χ1) is 12.4. The van der Waals surface area contributed by atoms with Crippen molar-refractivity contribution in [2.45, 2.75) is 33.6 Å². The van der Waals surface area contributed by atoms with Crippen LogP contribution in [-0.2, 0) is 4.79 Å². The molecule has 3 rings (SSSR count). The Bertz CT molecular complexity index is 821. The van der Waals surface area contributed by atoms with Gasteiger partial charge in [0.25, 0.3) is 5.91 Å². The van der Waals surface area contributed by atoms with E-state index in [4.69, 9.17) is 4.98 Å². The molecule has 1 fully saturated rings. The molecule has 2 amide bonds. The molecule has 0 saturated carbocycles. The van der Waals surface area contributed by atoms with Crippen molar-refractivity contribution in [3.63, 3.8) is 0 Å². The Kier molecular flexibility index (Phi) is 5.25. The first kappa shape index (κ1) is 18.4. The van der Waals surface area contributed by atoms with Crippen LogP contribution < -0.4 is 0 Å². The average molecular weight is 353 g/mol. The second-order valence-electron chi connectivity index (χ2n) is 7.54. The lowest BCUT2D eigenvalue weighted by Gasteiger charge is -2.35. The fourth-order valence-electron chi connectivity index (χ4n) is 3.33. The van der Waals surface area contributed by atoms with Crippen LogP contribution in [0.2, 0.25) is 0 Å². The van der Waals surface area contributed by atoms with Crippen LogP contribution in [0, 0.1) is 5.92 Å². The highest BCUT2D eigenvalue weighted by Crippen LogP contribution is 2.24. The second-order valence-corrected chi connectivity index (χ2v) is 7.54. The van der Waals surface area contributed by atoms with E-state index < -0.39 is 0 Å². The van der Waals surface area contributed by atoms with E-state index in [1.54, 1.807) is 0 Å². The minimum atomic E-state index is -0.00464. The van der Waals surface area contributed by atoms with Gasteiger partial charge in [-0.2, -0.15) is 0 Å². The van der Waals surface area contributed by atoms with E-state index in [0.29, 0.717) is 31.7 Å². The maximum Gasteiger partial charge on any atom is 0.254 e. The summed E-state index contributed by atoms with van der Waals surface area (Å²) in [4.78, 5) is 33.8. The highest BCUT2D eigenvalue weighted by Gasteiger charge is 2.27. The maximum absolute atomic E-state index is 13.2. The predicted octanol–water partition coefficient (Wildman–Crippen LogP) is 3.30. The molecule has 0 bridgehead atoms. The Morgan fingerprint density at radius 3 is 2.19 bits per heavy atom. The van der Waals surface area contributed by atoms with Crippen LogP contribution in [0.1, 0.15) is 49.7 Å². The Balaban J connectivity index is 1.86. The van der Waals surface area contributed by atoms with E-state index in [0.717, 1.165) is 16.6 Å². The van der Waals surface area contributed by atoms with Crippen LogP contribution in [0.5, 0.6) is 0 Å². The quantitative estimate of drug-likeness (QED) is 0.851. The van der Waals surface area contributed by atoms with E-state index >= 15 is 0 Å². The van der Waals surface area contributed by atoms with Gasteiger partial charge in [-0.15, -0.1) is 0 Å². The molecular weight excluding hydrogens is 326 g/mol. The number of carbonyl (C=O) groups is 2. The molecule has 26 heavy (non-hydrogen) atoms. The van der Waals surface area contributed by atoms with Gasteiger partial charge in [0.05, 0.1) is 11.1 Å². The number of aromatic nitrogens is 1. The van der Waals surface area contributed by atoms with Crippen molar-refractivity contribution >= 4 is 22.7 Å². The van der Waals surface area contributed by atoms with E-state index in [1.165, 1.54) is 0 Å². The Morgan fingerprint density at radius 1 is 0.962 bits per heavy atom. The van der Waals surface area contributed by atoms with E-state index in [-0.39, 0.29) is 23.7 Å². The minimum Gasteiger partial charge on any atom is -0.339 e. The lowest BCUT2D eigenvalue weighted by molar-refractivity contribution is -0.135. The van der Waals surface area contributed by atoms with Crippen LogP contribution in [0.25, 0.3) is 10.9 Å². The number of amides is 2. The number of rotatable bonds is 3. The van der Waals surface area contributed by atoms with Gasteiger partial charge >= 0.3 is 0 Å². The largest absolute Gasteiger partial charge is 0.339 e. The number of benzene rings is 1. The molecule has 2 aromatic rings. The van der Waals surface area contributed by atoms with Crippen LogP contribution in [0.15, 0.2) is 30.3 Å². The number of fused-ring (bicyclic) bond motifs is 1. The molecule has 138 valence electrons. The van der Waals surface area contributed by atoms with Gasteiger partial charge in [-0.25, -0.2) is 0 Å². The van der Waals surface area contributed by atoms with Gasteiger partial charge in [-0.1, -0.05) is 45.9 Å². The van der Waals surface area contributed by atoms with E-state index in [1.807, 2.05) is 54.0 Å². The van der Waals surface area contributed by atoms with Gasteiger partial charge in [0, 0.05) is 43.2 Å². The van der Waals surface area contributed by atoms with Crippen LogP contribution in [0.3, 0.4) is 0 Å². The summed E-state index contributed by atoms with van der Waals surface area (Å²) in [7, 11) is 0. The van der Waals surface area contributed by atoms with Crippen molar-refractivity contribution in [3.8, 4) is 0 Å². The van der Waals surface area contributed by atoms with Gasteiger partial charge in [-0.05, 0) is 18.1 Å². The predicted molar refractivity (Wildman–Crippen MR) is 103 cm³/mol. The zero-order valence-corrected chi connectivity index (χ0v) is 16.0. The fraction of sp³-hybridized carbons (Fsp3) is 0.476. The molecule has 1 aromatic carbocycles. The summed E-state index contributed by atoms with van der Waals surface area (Å²) in [6.45, 7) is 10.3. The molecule has 1 aromatic heterocycles. The van der Waals surface area contributed by atoms with Crippen molar-refractivity contribution in [1.82, 2.24) is 14.8 Å². The lowest BCUT2D eigenvalue weighted by Crippen LogP contribution is -2.51. The normalized spacial score (nSPS) is 15.2. The highest BCUT2D eigenvalue weighted by molar-refractivity contribution is 6.06. The summed E-state index contributed by atoms with van der Waals surface area (Å²) >= 11 is 0. The van der Waals surface area contributed by atoms with Gasteiger partial charge < -0.3 is 9.80 Å². The number of para-hydroxylation sites is 1. The third-order valence-electron chi connectivity index (χ3n) is 4.93. The summed E-state index contributed by atoms with van der Waals surface area (Å²) < 4.78 is 0. The Labute approximate surface area is 155 Å². The van der Waals surface area contributed by atoms with Crippen molar-refractivity contribution in [2.75, 3.05) is 26.2 Å². The average Bonchev–Trinajstić information content (AvgIpc) is 2.65. The first-order valence-corrected chi connectivity index (χ1v) is 9.36. The SMILES string of the molecule is CC(C)C(=O)N1CCN(C(=O)c2cc(C(C)C)nc3ccccc23)CC1. The smallest absolute Gasteiger partial charge is 0.254 e. The molecular formula is C21H27N3O2. The molecule has 0 N–H and O–H groups in total. The van der Waals surface area contributed by atoms with Crippen LogP contribution in [-0.4, -0.2) is 52.8 Å². The molecule has 0 atom stereocenters. The van der Waals surface area contributed by atoms with Crippen LogP contribution in [0.4, 0.5) is 0 Å². The minimum absolute atomic E-state index is 0.00464. The van der Waals surface area contributed by atoms with Crippen molar-refractivity contribution in [1.29, 1.82) is 0 Å². The summed E-state index contributed by atoms with van der Waals surface area (Å²) in [5.41, 5.74) is 2.50. The number of pyridine rings is 1. The standard InChI is InChI=1S/C21H27N3O2/c1-14(2)19-13-17(16-7-5-6-8-18(16)22-19)21(26)24-11-9-23(10-12-24)20(25)15(3)4/h5-8,13-15H,9-12H2,1-4H3. The maximum atomic E-state index is 13.2. The van der Waals surface area contributed by atoms with Crippen molar-refractivity contribution < 1.29 is 9.59 Å². The topological polar surface area (TPSA) is 53.5 Å². The molecule has 0 radical (unpaired) electrons. The van der Waals surface area contributed by atoms with Crippen molar-refractivity contribution in [2.24, 2.45) is 5.92 Å². The number of carbonyl (C=O) groups excluding carboxylic acids is 2. The molecule has 0 spiro atoms. The molecule has 1 aliphatic rings. The van der Waals surface area contributed by atoms with Gasteiger partial charge in [-0.3, -0.25) is 14.6 Å². The molecule has 0 aliphatic carbocycles. The lowest BCUT2D eigenvalue weighted by atomic mass is 10.0. The molecule has 1 aliphatic heterocycles. The van der Waals surface area contributed by atoms with E-state index in [2.05, 4.69) is 13.8 Å². The summed E-state index contributed by atoms with van der Waals surface area (Å²) in [5.74, 6) is 0.442. The molecule has 2 heterocycles. The molecule has 1 saturated heterocycles. The van der Waals surface area contributed by atoms with Gasteiger partial charge in [0.2, 0.25) is 5.91 Å². The number of nitrogens with zero attached hydrogens (tertiary/aromatic N) is 3. The third-order valence-corrected chi connectivity index (χ3v) is 4.93. The van der Waals surface area contributed by atoms with E-state index in [9.17, 15) is 9.59 Å². The van der Waals surface area contributed by atoms with Crippen molar-refractivity contribution in [3.05, 3.63) is 41.6 Å². The molecule has 5 nitrogen and oxygen atoms in total.